The van der Waals surface area contributed by atoms with Gasteiger partial charge in [-0.05, 0) is 63.4 Å². The number of nitrogens with zero attached hydrogens (tertiary/aromatic N) is 2. The number of carbonyl (C=O) groups is 3. The number of likely N-dealkylation sites (tertiary alicyclic amines) is 1. The minimum absolute atomic E-state index is 0. The molecule has 176 valence electrons. The van der Waals surface area contributed by atoms with Gasteiger partial charge in [0.25, 0.3) is 17.7 Å². The highest BCUT2D eigenvalue weighted by molar-refractivity contribution is 6.22. The van der Waals surface area contributed by atoms with Crippen LogP contribution in [0.15, 0.2) is 42.5 Å². The predicted octanol–water partition coefficient (Wildman–Crippen LogP) is 4.21. The van der Waals surface area contributed by atoms with Crippen LogP contribution in [0.4, 0.5) is 0 Å². The van der Waals surface area contributed by atoms with Crippen molar-refractivity contribution in [1.29, 1.82) is 0 Å². The van der Waals surface area contributed by atoms with Gasteiger partial charge in [0, 0.05) is 24.7 Å². The number of piperidine rings is 1. The van der Waals surface area contributed by atoms with Crippen LogP contribution in [0.1, 0.15) is 74.8 Å². The van der Waals surface area contributed by atoms with E-state index in [1.54, 1.807) is 18.2 Å². The summed E-state index contributed by atoms with van der Waals surface area (Å²) in [6.07, 6.45) is 4.69. The van der Waals surface area contributed by atoms with Crippen molar-refractivity contribution in [3.05, 3.63) is 70.3 Å². The summed E-state index contributed by atoms with van der Waals surface area (Å²) in [5.74, 6) is -0.871. The number of carbonyl (C=O) groups excluding carboxylic acids is 3. The summed E-state index contributed by atoms with van der Waals surface area (Å²) in [5.41, 5.74) is 3.09. The van der Waals surface area contributed by atoms with Crippen molar-refractivity contribution in [2.24, 2.45) is 0 Å². The van der Waals surface area contributed by atoms with Crippen LogP contribution in [0.25, 0.3) is 0 Å². The van der Waals surface area contributed by atoms with Gasteiger partial charge in [-0.2, -0.15) is 0 Å². The van der Waals surface area contributed by atoms with Gasteiger partial charge in [-0.1, -0.05) is 36.2 Å². The Balaban J connectivity index is 0.00000306. The van der Waals surface area contributed by atoms with Crippen molar-refractivity contribution in [3.63, 3.8) is 0 Å². The van der Waals surface area contributed by atoms with E-state index in [9.17, 15) is 14.4 Å². The highest BCUT2D eigenvalue weighted by atomic mass is 35.5. The molecule has 0 bridgehead atoms. The van der Waals surface area contributed by atoms with E-state index in [1.807, 2.05) is 31.2 Å². The zero-order valence-corrected chi connectivity index (χ0v) is 20.1. The van der Waals surface area contributed by atoms with E-state index >= 15 is 0 Å². The van der Waals surface area contributed by atoms with E-state index in [2.05, 4.69) is 17.1 Å². The fraction of sp³-hybridized carbons (Fsp3) is 0.423. The Bertz CT molecular complexity index is 1020. The van der Waals surface area contributed by atoms with Gasteiger partial charge in [0.1, 0.15) is 0 Å². The van der Waals surface area contributed by atoms with Gasteiger partial charge in [-0.15, -0.1) is 12.4 Å². The molecule has 1 unspecified atom stereocenters. The van der Waals surface area contributed by atoms with Crippen molar-refractivity contribution in [3.8, 4) is 0 Å². The molecule has 6 nitrogen and oxygen atoms in total. The molecule has 4 rings (SSSR count). The van der Waals surface area contributed by atoms with Gasteiger partial charge < -0.3 is 10.2 Å². The van der Waals surface area contributed by atoms with Gasteiger partial charge in [0.2, 0.25) is 0 Å². The first kappa shape index (κ1) is 24.9. The summed E-state index contributed by atoms with van der Waals surface area (Å²) in [4.78, 5) is 42.0. The third-order valence-electron chi connectivity index (χ3n) is 6.54. The average Bonchev–Trinajstić information content (AvgIpc) is 3.03. The lowest BCUT2D eigenvalue weighted by Crippen LogP contribution is -2.39. The fourth-order valence-corrected chi connectivity index (χ4v) is 4.53. The Labute approximate surface area is 201 Å². The molecule has 2 heterocycles. The molecule has 2 aromatic rings. The number of imide groups is 1. The lowest BCUT2D eigenvalue weighted by Gasteiger charge is -2.33. The summed E-state index contributed by atoms with van der Waals surface area (Å²) in [6.45, 7) is 7.19. The molecular weight excluding hydrogens is 438 g/mol. The van der Waals surface area contributed by atoms with Gasteiger partial charge in [-0.25, -0.2) is 0 Å². The normalized spacial score (nSPS) is 18.1. The molecular formula is C26H32ClN3O3. The van der Waals surface area contributed by atoms with Crippen LogP contribution in [0.2, 0.25) is 0 Å². The Morgan fingerprint density at radius 3 is 2.48 bits per heavy atom. The smallest absolute Gasteiger partial charge is 0.261 e. The van der Waals surface area contributed by atoms with Crippen LogP contribution >= 0.6 is 12.4 Å². The van der Waals surface area contributed by atoms with E-state index in [4.69, 9.17) is 0 Å². The van der Waals surface area contributed by atoms with Gasteiger partial charge in [-0.3, -0.25) is 19.3 Å². The third-order valence-corrected chi connectivity index (χ3v) is 6.54. The summed E-state index contributed by atoms with van der Waals surface area (Å²) in [5, 5.41) is 2.95. The quantitative estimate of drug-likeness (QED) is 0.487. The number of hydrogen-bond donors (Lipinski definition) is 1. The van der Waals surface area contributed by atoms with Crippen LogP contribution in [0, 0.1) is 6.92 Å². The maximum Gasteiger partial charge on any atom is 0.261 e. The van der Waals surface area contributed by atoms with Crippen LogP contribution in [-0.4, -0.2) is 53.2 Å². The number of hydrogen-bond acceptors (Lipinski definition) is 4. The van der Waals surface area contributed by atoms with Crippen molar-refractivity contribution in [1.82, 2.24) is 15.1 Å². The summed E-state index contributed by atoms with van der Waals surface area (Å²) >= 11 is 0. The van der Waals surface area contributed by atoms with E-state index in [1.165, 1.54) is 24.2 Å². The fourth-order valence-electron chi connectivity index (χ4n) is 4.53. The molecule has 0 radical (unpaired) electrons. The number of rotatable bonds is 7. The molecule has 0 aromatic heterocycles. The van der Waals surface area contributed by atoms with Crippen LogP contribution in [0.3, 0.4) is 0 Å². The Morgan fingerprint density at radius 2 is 1.76 bits per heavy atom. The lowest BCUT2D eigenvalue weighted by atomic mass is 10.0. The van der Waals surface area contributed by atoms with Gasteiger partial charge >= 0.3 is 0 Å². The molecule has 0 saturated carbocycles. The zero-order valence-electron chi connectivity index (χ0n) is 19.3. The second-order valence-corrected chi connectivity index (χ2v) is 8.93. The topological polar surface area (TPSA) is 69.7 Å². The maximum atomic E-state index is 12.9. The van der Waals surface area contributed by atoms with Crippen molar-refractivity contribution < 1.29 is 14.4 Å². The minimum atomic E-state index is -0.348. The zero-order chi connectivity index (χ0) is 22.7. The minimum Gasteiger partial charge on any atom is -0.352 e. The average molecular weight is 470 g/mol. The molecule has 0 spiro atoms. The molecule has 1 atom stereocenters. The SMILES string of the molecule is Cc1ccc(CN2C(=O)c3ccc(C(=O)NCCCN4CCCCC4C)cc3C2=O)cc1.Cl. The first-order valence-electron chi connectivity index (χ1n) is 11.5. The summed E-state index contributed by atoms with van der Waals surface area (Å²) < 4.78 is 0. The Morgan fingerprint density at radius 1 is 1.03 bits per heavy atom. The van der Waals surface area contributed by atoms with Crippen molar-refractivity contribution in [2.75, 3.05) is 19.6 Å². The number of nitrogens with one attached hydrogen (secondary N) is 1. The second-order valence-electron chi connectivity index (χ2n) is 8.93. The number of halogens is 1. The number of fused-ring (bicyclic) bond motifs is 1. The Kier molecular flexibility index (Phi) is 8.27. The summed E-state index contributed by atoms with van der Waals surface area (Å²) in [7, 11) is 0. The maximum absolute atomic E-state index is 12.9. The Hall–Kier alpha value is -2.70. The van der Waals surface area contributed by atoms with Gasteiger partial charge in [0.05, 0.1) is 17.7 Å². The first-order chi connectivity index (χ1) is 15.4. The predicted molar refractivity (Wildman–Crippen MR) is 131 cm³/mol. The van der Waals surface area contributed by atoms with E-state index in [0.717, 1.165) is 30.6 Å². The number of benzene rings is 2. The second kappa shape index (κ2) is 10.9. The number of amides is 3. The van der Waals surface area contributed by atoms with Crippen molar-refractivity contribution >= 4 is 30.1 Å². The molecule has 1 saturated heterocycles. The molecule has 1 fully saturated rings. The van der Waals surface area contributed by atoms with E-state index < -0.39 is 0 Å². The molecule has 7 heteroatoms. The summed E-state index contributed by atoms with van der Waals surface area (Å²) in [6, 6.07) is 13.1. The largest absolute Gasteiger partial charge is 0.352 e. The monoisotopic (exact) mass is 469 g/mol. The highest BCUT2D eigenvalue weighted by Crippen LogP contribution is 2.26. The molecule has 2 aromatic carbocycles. The van der Waals surface area contributed by atoms with Crippen LogP contribution in [0.5, 0.6) is 0 Å². The molecule has 2 aliphatic heterocycles. The standard InChI is InChI=1S/C26H31N3O3.ClH/c1-18-7-9-20(10-8-18)17-29-25(31)22-12-11-21(16-23(22)26(29)32)24(30)27-13-5-15-28-14-4-3-6-19(28)2;/h7-12,16,19H,3-6,13-15,17H2,1-2H3,(H,27,30);1H. The first-order valence-corrected chi connectivity index (χ1v) is 11.5. The lowest BCUT2D eigenvalue weighted by molar-refractivity contribution is 0.0642. The van der Waals surface area contributed by atoms with Gasteiger partial charge in [0.15, 0.2) is 0 Å². The molecule has 0 aliphatic carbocycles. The third kappa shape index (κ3) is 5.63. The van der Waals surface area contributed by atoms with E-state index in [0.29, 0.717) is 29.3 Å². The highest BCUT2D eigenvalue weighted by Gasteiger charge is 2.36. The number of aryl methyl sites for hydroxylation is 1. The molecule has 3 amide bonds. The van der Waals surface area contributed by atoms with Crippen LogP contribution < -0.4 is 5.32 Å². The molecule has 1 N–H and O–H groups in total. The van der Waals surface area contributed by atoms with Crippen molar-refractivity contribution in [2.45, 2.75) is 52.1 Å². The molecule has 33 heavy (non-hydrogen) atoms. The van der Waals surface area contributed by atoms with Crippen LogP contribution in [-0.2, 0) is 6.54 Å². The molecule has 2 aliphatic rings. The van der Waals surface area contributed by atoms with E-state index in [-0.39, 0.29) is 36.7 Å².